The standard InChI is InChI=1S/C13H10O.C8H11N.C3H6O3/c14-10-11-6-8-13(9-7-11)12-4-2-1-3-5-12;9-7-6-8-4-2-1-3-5-8;1-6-2-3(4)5/h1-10H;1-5H,6-7,9H2;2H2,1H3,(H,4,5). The fraction of sp³-hybridized carbons (Fsp3) is 0.167. The first kappa shape index (κ1) is 23.8. The van der Waals surface area contributed by atoms with Gasteiger partial charge in [0.25, 0.3) is 0 Å². The quantitative estimate of drug-likeness (QED) is 0.616. The predicted molar refractivity (Wildman–Crippen MR) is 116 cm³/mol. The van der Waals surface area contributed by atoms with Crippen molar-refractivity contribution in [1.29, 1.82) is 0 Å². The minimum atomic E-state index is -0.933. The molecule has 5 nitrogen and oxygen atoms in total. The summed E-state index contributed by atoms with van der Waals surface area (Å²) in [5, 5.41) is 7.79. The Balaban J connectivity index is 0.000000242. The second-order valence-electron chi connectivity index (χ2n) is 5.96. The molecule has 0 amide bonds. The molecule has 152 valence electrons. The van der Waals surface area contributed by atoms with Crippen molar-refractivity contribution in [3.63, 3.8) is 0 Å². The normalized spacial score (nSPS) is 9.31. The van der Waals surface area contributed by atoms with Crippen molar-refractivity contribution in [1.82, 2.24) is 0 Å². The highest BCUT2D eigenvalue weighted by atomic mass is 16.5. The van der Waals surface area contributed by atoms with Crippen LogP contribution in [0.5, 0.6) is 0 Å². The van der Waals surface area contributed by atoms with Crippen LogP contribution in [0.2, 0.25) is 0 Å². The zero-order chi connectivity index (χ0) is 21.3. The van der Waals surface area contributed by atoms with Crippen LogP contribution in [-0.2, 0) is 16.0 Å². The molecule has 5 heteroatoms. The number of carbonyl (C=O) groups is 2. The van der Waals surface area contributed by atoms with Gasteiger partial charge in [-0.05, 0) is 29.7 Å². The number of aliphatic carboxylic acids is 1. The molecule has 0 aliphatic rings. The van der Waals surface area contributed by atoms with Gasteiger partial charge in [-0.25, -0.2) is 4.79 Å². The average molecular weight is 393 g/mol. The van der Waals surface area contributed by atoms with Crippen molar-refractivity contribution in [3.05, 3.63) is 96.1 Å². The lowest BCUT2D eigenvalue weighted by Crippen LogP contribution is -2.02. The molecular weight excluding hydrogens is 366 g/mol. The fourth-order valence-electron chi connectivity index (χ4n) is 2.32. The summed E-state index contributed by atoms with van der Waals surface area (Å²) in [6.45, 7) is 0.532. The molecule has 3 aromatic carbocycles. The molecule has 0 aliphatic heterocycles. The van der Waals surface area contributed by atoms with Crippen molar-refractivity contribution >= 4 is 12.3 Å². The van der Waals surface area contributed by atoms with Gasteiger partial charge in [-0.2, -0.15) is 0 Å². The zero-order valence-corrected chi connectivity index (χ0v) is 16.5. The number of rotatable bonds is 6. The van der Waals surface area contributed by atoms with E-state index in [0.29, 0.717) is 5.56 Å². The van der Waals surface area contributed by atoms with Crippen LogP contribution in [-0.4, -0.2) is 37.6 Å². The summed E-state index contributed by atoms with van der Waals surface area (Å²) in [4.78, 5) is 19.9. The summed E-state index contributed by atoms with van der Waals surface area (Å²) >= 11 is 0. The fourth-order valence-corrected chi connectivity index (χ4v) is 2.32. The maximum absolute atomic E-state index is 10.5. The molecule has 0 heterocycles. The number of carboxylic acids is 1. The van der Waals surface area contributed by atoms with Crippen molar-refractivity contribution in [2.24, 2.45) is 5.73 Å². The van der Waals surface area contributed by atoms with Crippen LogP contribution in [0, 0.1) is 0 Å². The van der Waals surface area contributed by atoms with E-state index in [1.165, 1.54) is 18.2 Å². The first-order chi connectivity index (χ1) is 14.1. The van der Waals surface area contributed by atoms with Gasteiger partial charge < -0.3 is 15.6 Å². The number of carbonyl (C=O) groups excluding carboxylic acids is 1. The third-order valence-electron chi connectivity index (χ3n) is 3.70. The average Bonchev–Trinajstić information content (AvgIpc) is 2.76. The highest BCUT2D eigenvalue weighted by Crippen LogP contribution is 2.18. The van der Waals surface area contributed by atoms with Gasteiger partial charge in [-0.1, -0.05) is 84.9 Å². The first-order valence-corrected chi connectivity index (χ1v) is 9.16. The minimum absolute atomic E-state index is 0.208. The van der Waals surface area contributed by atoms with E-state index in [4.69, 9.17) is 10.8 Å². The zero-order valence-electron chi connectivity index (χ0n) is 16.5. The van der Waals surface area contributed by atoms with Crippen molar-refractivity contribution < 1.29 is 19.4 Å². The third-order valence-corrected chi connectivity index (χ3v) is 3.70. The van der Waals surface area contributed by atoms with Crippen LogP contribution in [0.1, 0.15) is 15.9 Å². The van der Waals surface area contributed by atoms with E-state index in [-0.39, 0.29) is 6.61 Å². The van der Waals surface area contributed by atoms with Gasteiger partial charge in [0.1, 0.15) is 12.9 Å². The van der Waals surface area contributed by atoms with Gasteiger partial charge in [0.05, 0.1) is 0 Å². The molecule has 0 aliphatic carbocycles. The lowest BCUT2D eigenvalue weighted by atomic mass is 10.0. The Morgan fingerprint density at radius 1 is 0.897 bits per heavy atom. The predicted octanol–water partition coefficient (Wildman–Crippen LogP) is 4.07. The van der Waals surface area contributed by atoms with Gasteiger partial charge in [0, 0.05) is 12.7 Å². The van der Waals surface area contributed by atoms with Crippen LogP contribution >= 0.6 is 0 Å². The van der Waals surface area contributed by atoms with Gasteiger partial charge in [0.2, 0.25) is 0 Å². The lowest BCUT2D eigenvalue weighted by Gasteiger charge is -2.00. The Morgan fingerprint density at radius 3 is 1.83 bits per heavy atom. The van der Waals surface area contributed by atoms with E-state index in [1.807, 2.05) is 60.7 Å². The van der Waals surface area contributed by atoms with E-state index in [9.17, 15) is 9.59 Å². The Kier molecular flexibility index (Phi) is 12.1. The molecule has 3 aromatic rings. The number of hydrogen-bond donors (Lipinski definition) is 2. The van der Waals surface area contributed by atoms with Crippen LogP contribution in [0.3, 0.4) is 0 Å². The van der Waals surface area contributed by atoms with Crippen molar-refractivity contribution in [2.45, 2.75) is 6.42 Å². The Bertz CT molecular complexity index is 819. The highest BCUT2D eigenvalue weighted by Gasteiger charge is 1.95. The second-order valence-corrected chi connectivity index (χ2v) is 5.96. The van der Waals surface area contributed by atoms with Crippen LogP contribution in [0.4, 0.5) is 0 Å². The Hall–Kier alpha value is -3.28. The molecule has 29 heavy (non-hydrogen) atoms. The third kappa shape index (κ3) is 10.6. The SMILES string of the molecule is COCC(=O)O.NCCc1ccccc1.O=Cc1ccc(-c2ccccc2)cc1. The maximum Gasteiger partial charge on any atom is 0.329 e. The van der Waals surface area contributed by atoms with Gasteiger partial charge in [-0.15, -0.1) is 0 Å². The summed E-state index contributed by atoms with van der Waals surface area (Å²) in [7, 11) is 1.34. The second kappa shape index (κ2) is 14.7. The topological polar surface area (TPSA) is 89.6 Å². The van der Waals surface area contributed by atoms with Crippen molar-refractivity contribution in [2.75, 3.05) is 20.3 Å². The summed E-state index contributed by atoms with van der Waals surface area (Å²) in [6.07, 6.45) is 1.84. The molecule has 0 bridgehead atoms. The van der Waals surface area contributed by atoms with E-state index in [1.54, 1.807) is 0 Å². The summed E-state index contributed by atoms with van der Waals surface area (Å²) in [5.74, 6) is -0.933. The van der Waals surface area contributed by atoms with E-state index in [0.717, 1.165) is 24.8 Å². The minimum Gasteiger partial charge on any atom is -0.480 e. The van der Waals surface area contributed by atoms with E-state index >= 15 is 0 Å². The van der Waals surface area contributed by atoms with Gasteiger partial charge >= 0.3 is 5.97 Å². The number of benzene rings is 3. The Morgan fingerprint density at radius 2 is 1.41 bits per heavy atom. The summed E-state index contributed by atoms with van der Waals surface area (Å²) in [6, 6.07) is 27.9. The number of carboxylic acid groups (broad SMARTS) is 1. The van der Waals surface area contributed by atoms with Crippen LogP contribution < -0.4 is 5.73 Å². The first-order valence-electron chi connectivity index (χ1n) is 9.16. The number of nitrogens with two attached hydrogens (primary N) is 1. The van der Waals surface area contributed by atoms with E-state index in [2.05, 4.69) is 29.0 Å². The number of hydrogen-bond acceptors (Lipinski definition) is 4. The largest absolute Gasteiger partial charge is 0.480 e. The molecule has 0 unspecified atom stereocenters. The summed E-state index contributed by atoms with van der Waals surface area (Å²) < 4.78 is 4.20. The van der Waals surface area contributed by atoms with Crippen molar-refractivity contribution in [3.8, 4) is 11.1 Å². The number of aldehydes is 1. The lowest BCUT2D eigenvalue weighted by molar-refractivity contribution is -0.141. The molecule has 0 saturated carbocycles. The summed E-state index contributed by atoms with van der Waals surface area (Å²) in [5.41, 5.74) is 9.70. The smallest absolute Gasteiger partial charge is 0.329 e. The highest BCUT2D eigenvalue weighted by molar-refractivity contribution is 5.76. The van der Waals surface area contributed by atoms with Crippen LogP contribution in [0.25, 0.3) is 11.1 Å². The van der Waals surface area contributed by atoms with Crippen LogP contribution in [0.15, 0.2) is 84.9 Å². The maximum atomic E-state index is 10.5. The molecule has 0 fully saturated rings. The molecule has 3 rings (SSSR count). The molecular formula is C24H27NO4. The molecule has 0 aromatic heterocycles. The molecule has 0 spiro atoms. The molecule has 0 saturated heterocycles. The molecule has 0 radical (unpaired) electrons. The van der Waals surface area contributed by atoms with Gasteiger partial charge in [-0.3, -0.25) is 4.79 Å². The number of ether oxygens (including phenoxy) is 1. The Labute approximate surface area is 171 Å². The molecule has 0 atom stereocenters. The monoisotopic (exact) mass is 393 g/mol. The van der Waals surface area contributed by atoms with E-state index < -0.39 is 5.97 Å². The number of methoxy groups -OCH3 is 1. The van der Waals surface area contributed by atoms with Gasteiger partial charge in [0.15, 0.2) is 0 Å². The molecule has 3 N–H and O–H groups in total.